The molecule has 6 nitrogen and oxygen atoms in total. The van der Waals surface area contributed by atoms with E-state index in [1.54, 1.807) is 0 Å². The quantitative estimate of drug-likeness (QED) is 0.150. The molecule has 0 aliphatic carbocycles. The van der Waals surface area contributed by atoms with E-state index in [-0.39, 0.29) is 12.3 Å². The molecule has 63 heavy (non-hydrogen) atoms. The van der Waals surface area contributed by atoms with Gasteiger partial charge in [-0.3, -0.25) is 4.57 Å². The first-order valence-electron chi connectivity index (χ1n) is 21.8. The highest BCUT2D eigenvalue weighted by Gasteiger charge is 2.39. The minimum absolute atomic E-state index is 0.00896. The summed E-state index contributed by atoms with van der Waals surface area (Å²) in [7, 11) is 0. The number of para-hydroxylation sites is 3. The predicted octanol–water partition coefficient (Wildman–Crippen LogP) is 13.7. The molecule has 306 valence electrons. The first-order valence-corrected chi connectivity index (χ1v) is 21.8. The number of anilines is 3. The summed E-state index contributed by atoms with van der Waals surface area (Å²) in [4.78, 5) is 12.2. The number of ether oxygens (including phenoxy) is 1. The summed E-state index contributed by atoms with van der Waals surface area (Å²) in [6.07, 6.45) is 10.7. The van der Waals surface area contributed by atoms with Gasteiger partial charge in [-0.15, -0.1) is 0 Å². The number of fused-ring (bicyclic) bond motifs is 5. The fourth-order valence-corrected chi connectivity index (χ4v) is 9.40. The Balaban J connectivity index is 0.993. The highest BCUT2D eigenvalue weighted by atomic mass is 16.5. The van der Waals surface area contributed by atoms with Crippen LogP contribution in [-0.4, -0.2) is 27.9 Å². The Bertz CT molecular complexity index is 3200. The van der Waals surface area contributed by atoms with Gasteiger partial charge in [-0.05, 0) is 108 Å². The number of aryl methyl sites for hydroxylation is 2. The third-order valence-corrected chi connectivity index (χ3v) is 12.7. The third-order valence-electron chi connectivity index (χ3n) is 12.7. The monoisotopic (exact) mass is 817 g/mol. The van der Waals surface area contributed by atoms with E-state index in [2.05, 4.69) is 230 Å². The second kappa shape index (κ2) is 15.1. The number of benzene rings is 6. The van der Waals surface area contributed by atoms with Crippen LogP contribution in [0.15, 0.2) is 194 Å². The molecule has 0 saturated heterocycles. The van der Waals surface area contributed by atoms with E-state index in [1.165, 1.54) is 49.9 Å². The molecule has 3 aliphatic heterocycles. The van der Waals surface area contributed by atoms with Crippen LogP contribution >= 0.6 is 0 Å². The standard InChI is InChI=1S/C56H48BN5O/c1-38-19-23-40(24-20-38)48-36-59-32-11-10-30-57(59)54(41-25-21-39(2)22-26-41)55(48)61-37-60(50-17-8-9-18-51(50)61)43-13-12-14-44(34-43)63-45-27-28-47-46-15-6-7-16-49(46)62(52(47)35-45)53-33-42(29-31-58-53)56(3,4)5/h6-36H,37H2,1-5H3. The second-order valence-corrected chi connectivity index (χ2v) is 17.9. The fraction of sp³-hybridized carbons (Fsp3) is 0.125. The Labute approximate surface area is 370 Å². The van der Waals surface area contributed by atoms with Crippen LogP contribution in [0.1, 0.15) is 48.6 Å². The third kappa shape index (κ3) is 6.81. The smallest absolute Gasteiger partial charge is 0.322 e. The molecule has 11 rings (SSSR count). The van der Waals surface area contributed by atoms with Gasteiger partial charge in [0.1, 0.15) is 24.0 Å². The van der Waals surface area contributed by atoms with E-state index >= 15 is 0 Å². The lowest BCUT2D eigenvalue weighted by atomic mass is 9.48. The largest absolute Gasteiger partial charge is 0.457 e. The van der Waals surface area contributed by atoms with Gasteiger partial charge >= 0.3 is 6.85 Å². The molecular formula is C56H48BN5O. The lowest BCUT2D eigenvalue weighted by molar-refractivity contribution is 0.483. The predicted molar refractivity (Wildman–Crippen MR) is 263 cm³/mol. The van der Waals surface area contributed by atoms with Crippen molar-refractivity contribution in [2.75, 3.05) is 16.5 Å². The van der Waals surface area contributed by atoms with Crippen LogP contribution in [0.5, 0.6) is 11.5 Å². The van der Waals surface area contributed by atoms with Crippen LogP contribution < -0.4 is 14.5 Å². The van der Waals surface area contributed by atoms with Gasteiger partial charge in [0, 0.05) is 52.3 Å². The highest BCUT2D eigenvalue weighted by molar-refractivity contribution is 6.82. The van der Waals surface area contributed by atoms with Gasteiger partial charge in [0.25, 0.3) is 0 Å². The van der Waals surface area contributed by atoms with Crippen molar-refractivity contribution in [2.45, 2.75) is 40.0 Å². The van der Waals surface area contributed by atoms with Crippen LogP contribution in [-0.2, 0) is 5.41 Å². The van der Waals surface area contributed by atoms with Gasteiger partial charge in [0.15, 0.2) is 0 Å². The van der Waals surface area contributed by atoms with Crippen molar-refractivity contribution < 1.29 is 4.74 Å². The number of pyridine rings is 1. The number of allylic oxidation sites excluding steroid dienone is 3. The van der Waals surface area contributed by atoms with E-state index in [1.807, 2.05) is 12.3 Å². The first-order chi connectivity index (χ1) is 30.7. The lowest BCUT2D eigenvalue weighted by Gasteiger charge is -2.38. The summed E-state index contributed by atoms with van der Waals surface area (Å²) in [6, 6.07) is 54.5. The number of rotatable bonds is 7. The molecule has 0 fully saturated rings. The van der Waals surface area contributed by atoms with E-state index in [0.717, 1.165) is 50.8 Å². The van der Waals surface area contributed by atoms with E-state index in [0.29, 0.717) is 6.67 Å². The van der Waals surface area contributed by atoms with Crippen molar-refractivity contribution in [3.63, 3.8) is 0 Å². The molecule has 0 bridgehead atoms. The summed E-state index contributed by atoms with van der Waals surface area (Å²) < 4.78 is 9.06. The van der Waals surface area contributed by atoms with Gasteiger partial charge in [-0.25, -0.2) is 4.98 Å². The van der Waals surface area contributed by atoms with Gasteiger partial charge in [-0.1, -0.05) is 129 Å². The second-order valence-electron chi connectivity index (χ2n) is 17.9. The summed E-state index contributed by atoms with van der Waals surface area (Å²) >= 11 is 0. The topological polar surface area (TPSA) is 36.8 Å². The molecule has 0 N–H and O–H groups in total. The first kappa shape index (κ1) is 38.4. The molecule has 6 aromatic carbocycles. The average molecular weight is 818 g/mol. The van der Waals surface area contributed by atoms with E-state index < -0.39 is 0 Å². The highest BCUT2D eigenvalue weighted by Crippen LogP contribution is 2.49. The molecular weight excluding hydrogens is 769 g/mol. The van der Waals surface area contributed by atoms with Crippen LogP contribution in [0.25, 0.3) is 38.7 Å². The van der Waals surface area contributed by atoms with Crippen molar-refractivity contribution in [3.05, 3.63) is 222 Å². The van der Waals surface area contributed by atoms with Crippen LogP contribution in [0.3, 0.4) is 0 Å². The summed E-state index contributed by atoms with van der Waals surface area (Å²) in [5.74, 6) is 4.74. The van der Waals surface area contributed by atoms with Crippen LogP contribution in [0.2, 0.25) is 0 Å². The summed E-state index contributed by atoms with van der Waals surface area (Å²) in [5.41, 5.74) is 15.3. The molecule has 0 saturated carbocycles. The number of hydrogen-bond acceptors (Lipinski definition) is 5. The van der Waals surface area contributed by atoms with E-state index in [9.17, 15) is 0 Å². The van der Waals surface area contributed by atoms with Crippen molar-refractivity contribution in [3.8, 4) is 17.3 Å². The average Bonchev–Trinajstić information content (AvgIpc) is 3.85. The Morgan fingerprint density at radius 3 is 2.10 bits per heavy atom. The zero-order valence-electron chi connectivity index (χ0n) is 36.3. The normalized spacial score (nSPS) is 14.8. The molecule has 3 aliphatic rings. The summed E-state index contributed by atoms with van der Waals surface area (Å²) in [6.45, 7) is 11.7. The fourth-order valence-electron chi connectivity index (χ4n) is 9.40. The lowest BCUT2D eigenvalue weighted by Crippen LogP contribution is -2.40. The molecule has 0 atom stereocenters. The SMILES string of the molecule is Cc1ccc(C2=CN3C=CC=CB3C(c3ccc(C)cc3)=C2N2CN(c3cccc(Oc4ccc5c6ccccc6n(-c6cc(C(C)(C)C)ccn6)c5c4)c3)c3ccccc32)cc1. The van der Waals surface area contributed by atoms with Gasteiger partial charge in [-0.2, -0.15) is 0 Å². The Morgan fingerprint density at radius 2 is 1.32 bits per heavy atom. The molecule has 5 heterocycles. The maximum Gasteiger partial charge on any atom is 0.322 e. The molecule has 0 amide bonds. The molecule has 0 unspecified atom stereocenters. The Kier molecular flexibility index (Phi) is 9.23. The van der Waals surface area contributed by atoms with Gasteiger partial charge in [0.05, 0.1) is 22.4 Å². The molecule has 2 aromatic heterocycles. The van der Waals surface area contributed by atoms with Crippen LogP contribution in [0.4, 0.5) is 17.1 Å². The minimum Gasteiger partial charge on any atom is -0.457 e. The Hall–Kier alpha value is -7.51. The van der Waals surface area contributed by atoms with Gasteiger partial charge in [0.2, 0.25) is 0 Å². The Morgan fingerprint density at radius 1 is 0.619 bits per heavy atom. The van der Waals surface area contributed by atoms with Crippen molar-refractivity contribution >= 4 is 56.8 Å². The van der Waals surface area contributed by atoms with Crippen molar-refractivity contribution in [2.24, 2.45) is 0 Å². The molecule has 0 spiro atoms. The van der Waals surface area contributed by atoms with E-state index in [4.69, 9.17) is 9.72 Å². The molecule has 8 aromatic rings. The van der Waals surface area contributed by atoms with Crippen LogP contribution in [0, 0.1) is 13.8 Å². The number of hydrogen-bond donors (Lipinski definition) is 0. The van der Waals surface area contributed by atoms with Crippen molar-refractivity contribution in [1.29, 1.82) is 0 Å². The zero-order valence-corrected chi connectivity index (χ0v) is 36.3. The maximum atomic E-state index is 6.80. The van der Waals surface area contributed by atoms with Gasteiger partial charge < -0.3 is 19.3 Å². The zero-order chi connectivity index (χ0) is 42.8. The maximum absolute atomic E-state index is 6.80. The number of nitrogens with zero attached hydrogens (tertiary/aromatic N) is 5. The number of aromatic nitrogens is 2. The molecule has 0 radical (unpaired) electrons. The minimum atomic E-state index is -0.00896. The molecule has 7 heteroatoms. The summed E-state index contributed by atoms with van der Waals surface area (Å²) in [5, 5.41) is 2.34. The van der Waals surface area contributed by atoms with Crippen molar-refractivity contribution in [1.82, 2.24) is 14.4 Å².